The van der Waals surface area contributed by atoms with E-state index in [1.54, 1.807) is 12.1 Å². The summed E-state index contributed by atoms with van der Waals surface area (Å²) < 4.78 is 60.6. The molecule has 7 rings (SSSR count). The highest BCUT2D eigenvalue weighted by molar-refractivity contribution is 6.01. The molecule has 15 heteroatoms. The third kappa shape index (κ3) is 9.18. The summed E-state index contributed by atoms with van der Waals surface area (Å²) >= 11 is 0. The number of hydrogen-bond acceptors (Lipinski definition) is 9. The van der Waals surface area contributed by atoms with Gasteiger partial charge in [0, 0.05) is 75.7 Å². The summed E-state index contributed by atoms with van der Waals surface area (Å²) in [6.07, 6.45) is -1.41. The zero-order valence-electron chi connectivity index (χ0n) is 30.4. The zero-order valence-corrected chi connectivity index (χ0v) is 30.4. The van der Waals surface area contributed by atoms with E-state index < -0.39 is 30.0 Å². The molecule has 2 atom stereocenters. The standard InChI is InChI=1S/C40H44F4N6O5/c1-47-23-33(31-9-6-29(41)21-32(31)39(47)54)27-2-3-28(35(20-27)55-40(42,43)44)22-49-16-18-50(19-17-49)37(52)24-48-14-12-26(13-15-48)25-4-7-30(8-5-25)45-34-10-11-36(51)46-38(34)53/h2-9,20-21,23,26,34,37,45,52H,10-19,22,24H2,1H3,(H,46,51,53). The Labute approximate surface area is 315 Å². The largest absolute Gasteiger partial charge is 0.573 e. The topological polar surface area (TPSA) is 119 Å². The number of hydrogen-bond donors (Lipinski definition) is 3. The Balaban J connectivity index is 0.915. The van der Waals surface area contributed by atoms with Gasteiger partial charge in [0.25, 0.3) is 5.56 Å². The van der Waals surface area contributed by atoms with Crippen LogP contribution in [0, 0.1) is 5.82 Å². The number of rotatable bonds is 10. The summed E-state index contributed by atoms with van der Waals surface area (Å²) in [5, 5.41) is 17.3. The number of anilines is 1. The molecule has 0 spiro atoms. The van der Waals surface area contributed by atoms with Crippen LogP contribution in [0.4, 0.5) is 23.2 Å². The monoisotopic (exact) mass is 764 g/mol. The Morgan fingerprint density at radius 2 is 1.62 bits per heavy atom. The minimum absolute atomic E-state index is 0.122. The summed E-state index contributed by atoms with van der Waals surface area (Å²) in [7, 11) is 1.51. The van der Waals surface area contributed by atoms with Crippen LogP contribution in [-0.2, 0) is 23.2 Å². The highest BCUT2D eigenvalue weighted by atomic mass is 19.4. The van der Waals surface area contributed by atoms with E-state index in [9.17, 15) is 37.1 Å². The molecular formula is C40H44F4N6O5. The van der Waals surface area contributed by atoms with Crippen molar-refractivity contribution in [1.82, 2.24) is 24.6 Å². The summed E-state index contributed by atoms with van der Waals surface area (Å²) in [5.41, 5.74) is 2.84. The number of pyridine rings is 1. The average molecular weight is 765 g/mol. The first-order valence-electron chi connectivity index (χ1n) is 18.5. The van der Waals surface area contributed by atoms with Gasteiger partial charge in [-0.2, -0.15) is 0 Å². The highest BCUT2D eigenvalue weighted by Gasteiger charge is 2.33. The number of β-amino-alcohol motifs (C(OH)–C–C–N with tert-alkyl or cyclic N) is 1. The first-order chi connectivity index (χ1) is 26.3. The molecule has 4 aromatic rings. The number of benzene rings is 3. The van der Waals surface area contributed by atoms with Gasteiger partial charge < -0.3 is 19.7 Å². The van der Waals surface area contributed by atoms with Crippen molar-refractivity contribution in [2.24, 2.45) is 7.05 Å². The van der Waals surface area contributed by atoms with Crippen molar-refractivity contribution in [1.29, 1.82) is 0 Å². The van der Waals surface area contributed by atoms with Crippen molar-refractivity contribution in [2.45, 2.75) is 56.8 Å². The van der Waals surface area contributed by atoms with Crippen LogP contribution in [-0.4, -0.2) is 101 Å². The lowest BCUT2D eigenvalue weighted by Crippen LogP contribution is -2.53. The molecule has 3 aliphatic rings. The van der Waals surface area contributed by atoms with Gasteiger partial charge in [-0.05, 0) is 85.1 Å². The number of nitrogens with zero attached hydrogens (tertiary/aromatic N) is 4. The van der Waals surface area contributed by atoms with Gasteiger partial charge in [-0.3, -0.25) is 34.4 Å². The SMILES string of the molecule is Cn1cc(-c2ccc(CN3CCN(C(O)CN4CCC(c5ccc(NC6CCC(=O)NC6=O)cc5)CC4)CC3)c(OC(F)(F)F)c2)c2ccc(F)cc2c1=O. The molecule has 11 nitrogen and oxygen atoms in total. The van der Waals surface area contributed by atoms with Crippen molar-refractivity contribution < 1.29 is 37.0 Å². The molecule has 2 amide bonds. The van der Waals surface area contributed by atoms with Crippen LogP contribution in [0.25, 0.3) is 21.9 Å². The maximum atomic E-state index is 14.0. The molecule has 4 heterocycles. The fraction of sp³-hybridized carbons (Fsp3) is 0.425. The van der Waals surface area contributed by atoms with Gasteiger partial charge in [-0.1, -0.05) is 30.3 Å². The van der Waals surface area contributed by atoms with Crippen molar-refractivity contribution >= 4 is 28.3 Å². The third-order valence-corrected chi connectivity index (χ3v) is 10.9. The highest BCUT2D eigenvalue weighted by Crippen LogP contribution is 2.35. The summed E-state index contributed by atoms with van der Waals surface area (Å²) in [5.74, 6) is -1.10. The summed E-state index contributed by atoms with van der Waals surface area (Å²) in [6, 6.07) is 16.0. The maximum Gasteiger partial charge on any atom is 0.573 e. The number of piperazine rings is 1. The molecule has 3 fully saturated rings. The number of fused-ring (bicyclic) bond motifs is 1. The zero-order chi connectivity index (χ0) is 38.9. The van der Waals surface area contributed by atoms with E-state index in [1.807, 2.05) is 21.9 Å². The number of halogens is 4. The molecule has 0 saturated carbocycles. The first kappa shape index (κ1) is 38.4. The fourth-order valence-electron chi connectivity index (χ4n) is 7.88. The maximum absolute atomic E-state index is 14.0. The van der Waals surface area contributed by atoms with Crippen LogP contribution < -0.4 is 20.9 Å². The number of piperidine rings is 2. The van der Waals surface area contributed by atoms with E-state index in [-0.39, 0.29) is 29.5 Å². The number of alkyl halides is 3. The van der Waals surface area contributed by atoms with Gasteiger partial charge in [0.05, 0.1) is 5.39 Å². The molecule has 1 aromatic heterocycles. The van der Waals surface area contributed by atoms with E-state index in [0.29, 0.717) is 73.6 Å². The number of carbonyl (C=O) groups excluding carboxylic acids is 2. The lowest BCUT2D eigenvalue weighted by atomic mass is 9.89. The van der Waals surface area contributed by atoms with Gasteiger partial charge in [0.15, 0.2) is 0 Å². The van der Waals surface area contributed by atoms with Crippen molar-refractivity contribution in [3.05, 3.63) is 94.2 Å². The van der Waals surface area contributed by atoms with Crippen molar-refractivity contribution in [2.75, 3.05) is 51.1 Å². The Morgan fingerprint density at radius 3 is 2.31 bits per heavy atom. The number of ether oxygens (including phenoxy) is 1. The van der Waals surface area contributed by atoms with Gasteiger partial charge in [-0.15, -0.1) is 13.2 Å². The number of likely N-dealkylation sites (tertiary alicyclic amines) is 1. The minimum atomic E-state index is -4.93. The van der Waals surface area contributed by atoms with E-state index in [1.165, 1.54) is 41.6 Å². The molecule has 2 unspecified atom stereocenters. The second kappa shape index (κ2) is 16.1. The molecule has 0 radical (unpaired) electrons. The van der Waals surface area contributed by atoms with Crippen LogP contribution in [0.5, 0.6) is 5.75 Å². The van der Waals surface area contributed by atoms with Crippen LogP contribution in [0.2, 0.25) is 0 Å². The van der Waals surface area contributed by atoms with Crippen LogP contribution in [0.1, 0.15) is 42.7 Å². The minimum Gasteiger partial charge on any atom is -0.405 e. The normalized spacial score (nSPS) is 20.1. The van der Waals surface area contributed by atoms with Gasteiger partial charge >= 0.3 is 6.36 Å². The quantitative estimate of drug-likeness (QED) is 0.155. The van der Waals surface area contributed by atoms with Crippen LogP contribution >= 0.6 is 0 Å². The Bertz CT molecular complexity index is 2090. The van der Waals surface area contributed by atoms with Crippen LogP contribution in [0.15, 0.2) is 71.7 Å². The number of amides is 2. The molecule has 3 aromatic carbocycles. The first-order valence-corrected chi connectivity index (χ1v) is 18.5. The predicted molar refractivity (Wildman–Crippen MR) is 199 cm³/mol. The number of carbonyl (C=O) groups is 2. The van der Waals surface area contributed by atoms with Gasteiger partial charge in [-0.25, -0.2) is 4.39 Å². The van der Waals surface area contributed by atoms with E-state index in [0.717, 1.165) is 37.7 Å². The Hall–Kier alpha value is -4.83. The average Bonchev–Trinajstić information content (AvgIpc) is 3.15. The molecule has 55 heavy (non-hydrogen) atoms. The number of aliphatic hydroxyl groups excluding tert-OH is 1. The lowest BCUT2D eigenvalue weighted by molar-refractivity contribution is -0.275. The summed E-state index contributed by atoms with van der Waals surface area (Å²) in [4.78, 5) is 42.5. The number of aliphatic hydroxyl groups is 1. The van der Waals surface area contributed by atoms with Gasteiger partial charge in [0.1, 0.15) is 23.8 Å². The Kier molecular flexibility index (Phi) is 11.3. The predicted octanol–water partition coefficient (Wildman–Crippen LogP) is 4.78. The number of aryl methyl sites for hydroxylation is 1. The molecule has 3 aliphatic heterocycles. The van der Waals surface area contributed by atoms with Crippen molar-refractivity contribution in [3.63, 3.8) is 0 Å². The number of imide groups is 1. The summed E-state index contributed by atoms with van der Waals surface area (Å²) in [6.45, 7) is 4.55. The second-order valence-electron chi connectivity index (χ2n) is 14.7. The van der Waals surface area contributed by atoms with Gasteiger partial charge in [0.2, 0.25) is 11.8 Å². The molecular weight excluding hydrogens is 720 g/mol. The molecule has 0 bridgehead atoms. The number of nitrogens with one attached hydrogen (secondary N) is 2. The lowest BCUT2D eigenvalue weighted by Gasteiger charge is -2.40. The molecule has 3 N–H and O–H groups in total. The molecule has 0 aliphatic carbocycles. The second-order valence-corrected chi connectivity index (χ2v) is 14.7. The molecule has 292 valence electrons. The van der Waals surface area contributed by atoms with Crippen molar-refractivity contribution in [3.8, 4) is 16.9 Å². The number of aromatic nitrogens is 1. The van der Waals surface area contributed by atoms with E-state index >= 15 is 0 Å². The Morgan fingerprint density at radius 1 is 0.891 bits per heavy atom. The molecule has 3 saturated heterocycles. The van der Waals surface area contributed by atoms with E-state index in [4.69, 9.17) is 0 Å². The van der Waals surface area contributed by atoms with E-state index in [2.05, 4.69) is 32.4 Å². The fourth-order valence-corrected chi connectivity index (χ4v) is 7.88. The van der Waals surface area contributed by atoms with Crippen LogP contribution in [0.3, 0.4) is 0 Å². The smallest absolute Gasteiger partial charge is 0.405 e. The third-order valence-electron chi connectivity index (χ3n) is 10.9.